The monoisotopic (exact) mass is 262 g/mol. The summed E-state index contributed by atoms with van der Waals surface area (Å²) in [5.74, 6) is 1.55. The van der Waals surface area contributed by atoms with Gasteiger partial charge < -0.3 is 20.1 Å². The van der Waals surface area contributed by atoms with Crippen LogP contribution in [-0.2, 0) is 4.79 Å². The van der Waals surface area contributed by atoms with Crippen molar-refractivity contribution in [2.45, 2.75) is 31.8 Å². The Hall–Kier alpha value is -1.75. The summed E-state index contributed by atoms with van der Waals surface area (Å²) in [5, 5.41) is 0. The first kappa shape index (κ1) is 12.3. The number of carbonyl (C=O) groups is 1. The van der Waals surface area contributed by atoms with Crippen molar-refractivity contribution in [2.75, 3.05) is 13.3 Å². The van der Waals surface area contributed by atoms with E-state index >= 15 is 0 Å². The topological polar surface area (TPSA) is 64.8 Å². The number of amides is 1. The fourth-order valence-corrected chi connectivity index (χ4v) is 2.76. The van der Waals surface area contributed by atoms with Gasteiger partial charge in [0.15, 0.2) is 11.5 Å². The molecule has 0 saturated carbocycles. The maximum absolute atomic E-state index is 12.1. The van der Waals surface area contributed by atoms with Crippen molar-refractivity contribution in [2.24, 2.45) is 5.73 Å². The molecule has 1 saturated heterocycles. The van der Waals surface area contributed by atoms with Gasteiger partial charge in [-0.2, -0.15) is 0 Å². The number of nitrogens with two attached hydrogens (primary N) is 1. The molecule has 0 aliphatic carbocycles. The van der Waals surface area contributed by atoms with E-state index in [1.807, 2.05) is 23.1 Å². The minimum absolute atomic E-state index is 0.0140. The molecule has 0 aromatic heterocycles. The first-order valence-electron chi connectivity index (χ1n) is 6.62. The summed E-state index contributed by atoms with van der Waals surface area (Å²) in [5.41, 5.74) is 6.80. The summed E-state index contributed by atoms with van der Waals surface area (Å²) >= 11 is 0. The molecule has 1 fully saturated rings. The summed E-state index contributed by atoms with van der Waals surface area (Å²) in [6.07, 6.45) is 1.98. The van der Waals surface area contributed by atoms with Gasteiger partial charge in [0.2, 0.25) is 12.7 Å². The number of hydrogen-bond donors (Lipinski definition) is 1. The molecule has 1 aromatic rings. The van der Waals surface area contributed by atoms with E-state index in [1.54, 1.807) is 6.92 Å². The standard InChI is InChI=1S/C14H18N2O3/c1-9(15)14(17)16-6-2-3-11(16)10-4-5-12-13(7-10)19-8-18-12/h4-5,7,9,11H,2-3,6,8,15H2,1H3/t9-,11?/m0/s1. The van der Waals surface area contributed by atoms with E-state index < -0.39 is 6.04 Å². The number of nitrogens with zero attached hydrogens (tertiary/aromatic N) is 1. The number of carbonyl (C=O) groups excluding carboxylic acids is 1. The molecule has 2 atom stereocenters. The van der Waals surface area contributed by atoms with Crippen LogP contribution in [0.5, 0.6) is 11.5 Å². The highest BCUT2D eigenvalue weighted by Crippen LogP contribution is 2.38. The number of ether oxygens (including phenoxy) is 2. The molecule has 2 heterocycles. The van der Waals surface area contributed by atoms with Gasteiger partial charge in [0.25, 0.3) is 0 Å². The van der Waals surface area contributed by atoms with Crippen LogP contribution in [0.3, 0.4) is 0 Å². The van der Waals surface area contributed by atoms with Crippen molar-refractivity contribution < 1.29 is 14.3 Å². The van der Waals surface area contributed by atoms with Crippen LogP contribution < -0.4 is 15.2 Å². The van der Waals surface area contributed by atoms with E-state index in [2.05, 4.69) is 0 Å². The molecule has 1 unspecified atom stereocenters. The van der Waals surface area contributed by atoms with Crippen LogP contribution in [0.15, 0.2) is 18.2 Å². The fraction of sp³-hybridized carbons (Fsp3) is 0.500. The molecule has 3 rings (SSSR count). The molecule has 2 aliphatic heterocycles. The molecule has 0 bridgehead atoms. The maximum atomic E-state index is 12.1. The van der Waals surface area contributed by atoms with Crippen molar-refractivity contribution in [3.8, 4) is 11.5 Å². The van der Waals surface area contributed by atoms with Gasteiger partial charge in [0, 0.05) is 6.54 Å². The minimum Gasteiger partial charge on any atom is -0.454 e. The predicted octanol–water partition coefficient (Wildman–Crippen LogP) is 1.43. The molecule has 0 spiro atoms. The van der Waals surface area contributed by atoms with E-state index in [4.69, 9.17) is 15.2 Å². The van der Waals surface area contributed by atoms with Crippen molar-refractivity contribution in [3.05, 3.63) is 23.8 Å². The van der Waals surface area contributed by atoms with E-state index in [-0.39, 0.29) is 18.7 Å². The van der Waals surface area contributed by atoms with Crippen LogP contribution in [-0.4, -0.2) is 30.2 Å². The number of hydrogen-bond acceptors (Lipinski definition) is 4. The third kappa shape index (κ3) is 2.14. The summed E-state index contributed by atoms with van der Waals surface area (Å²) in [6.45, 7) is 2.78. The molecule has 5 heteroatoms. The highest BCUT2D eigenvalue weighted by atomic mass is 16.7. The minimum atomic E-state index is -0.449. The fourth-order valence-electron chi connectivity index (χ4n) is 2.76. The van der Waals surface area contributed by atoms with E-state index in [0.717, 1.165) is 36.4 Å². The van der Waals surface area contributed by atoms with Gasteiger partial charge in [-0.1, -0.05) is 6.07 Å². The van der Waals surface area contributed by atoms with Crippen LogP contribution in [0.25, 0.3) is 0 Å². The number of benzene rings is 1. The first-order chi connectivity index (χ1) is 9.16. The number of likely N-dealkylation sites (tertiary alicyclic amines) is 1. The third-order valence-electron chi connectivity index (χ3n) is 3.71. The molecule has 1 aromatic carbocycles. The molecule has 2 aliphatic rings. The lowest BCUT2D eigenvalue weighted by molar-refractivity contribution is -0.133. The molecule has 2 N–H and O–H groups in total. The second-order valence-corrected chi connectivity index (χ2v) is 5.09. The molecule has 19 heavy (non-hydrogen) atoms. The average molecular weight is 262 g/mol. The van der Waals surface area contributed by atoms with Gasteiger partial charge in [0.05, 0.1) is 12.1 Å². The van der Waals surface area contributed by atoms with Crippen LogP contribution >= 0.6 is 0 Å². The summed E-state index contributed by atoms with van der Waals surface area (Å²) in [7, 11) is 0. The van der Waals surface area contributed by atoms with Gasteiger partial charge in [-0.3, -0.25) is 4.79 Å². The first-order valence-corrected chi connectivity index (χ1v) is 6.62. The number of fused-ring (bicyclic) bond motifs is 1. The lowest BCUT2D eigenvalue weighted by atomic mass is 10.0. The molecular weight excluding hydrogens is 244 g/mol. The van der Waals surface area contributed by atoms with Crippen molar-refractivity contribution in [3.63, 3.8) is 0 Å². The highest BCUT2D eigenvalue weighted by Gasteiger charge is 2.32. The van der Waals surface area contributed by atoms with Gasteiger partial charge in [-0.25, -0.2) is 0 Å². The Morgan fingerprint density at radius 2 is 2.21 bits per heavy atom. The highest BCUT2D eigenvalue weighted by molar-refractivity contribution is 5.82. The third-order valence-corrected chi connectivity index (χ3v) is 3.71. The van der Waals surface area contributed by atoms with Crippen molar-refractivity contribution in [1.82, 2.24) is 4.90 Å². The number of rotatable bonds is 2. The van der Waals surface area contributed by atoms with Gasteiger partial charge in [0.1, 0.15) is 0 Å². The Morgan fingerprint density at radius 3 is 3.00 bits per heavy atom. The maximum Gasteiger partial charge on any atom is 0.239 e. The summed E-state index contributed by atoms with van der Waals surface area (Å²) < 4.78 is 10.7. The smallest absolute Gasteiger partial charge is 0.239 e. The zero-order valence-corrected chi connectivity index (χ0v) is 11.0. The van der Waals surface area contributed by atoms with Gasteiger partial charge in [-0.15, -0.1) is 0 Å². The lowest BCUT2D eigenvalue weighted by Gasteiger charge is -2.26. The van der Waals surface area contributed by atoms with Crippen LogP contribution in [0, 0.1) is 0 Å². The van der Waals surface area contributed by atoms with Crippen molar-refractivity contribution in [1.29, 1.82) is 0 Å². The van der Waals surface area contributed by atoms with E-state index in [9.17, 15) is 4.79 Å². The van der Waals surface area contributed by atoms with Crippen LogP contribution in [0.4, 0.5) is 0 Å². The van der Waals surface area contributed by atoms with Gasteiger partial charge >= 0.3 is 0 Å². The van der Waals surface area contributed by atoms with Crippen LogP contribution in [0.2, 0.25) is 0 Å². The SMILES string of the molecule is C[C@H](N)C(=O)N1CCCC1c1ccc2c(c1)OCO2. The predicted molar refractivity (Wildman–Crippen MR) is 69.9 cm³/mol. The van der Waals surface area contributed by atoms with E-state index in [1.165, 1.54) is 0 Å². The Morgan fingerprint density at radius 1 is 1.42 bits per heavy atom. The zero-order valence-electron chi connectivity index (χ0n) is 11.0. The van der Waals surface area contributed by atoms with Crippen LogP contribution in [0.1, 0.15) is 31.4 Å². The second kappa shape index (κ2) is 4.74. The largest absolute Gasteiger partial charge is 0.454 e. The lowest BCUT2D eigenvalue weighted by Crippen LogP contribution is -2.41. The Kier molecular flexibility index (Phi) is 3.06. The Balaban J connectivity index is 1.86. The van der Waals surface area contributed by atoms with Gasteiger partial charge in [-0.05, 0) is 37.5 Å². The molecular formula is C14H18N2O3. The molecule has 102 valence electrons. The summed E-state index contributed by atoms with van der Waals surface area (Å²) in [6, 6.07) is 5.54. The quantitative estimate of drug-likeness (QED) is 0.875. The molecule has 1 amide bonds. The van der Waals surface area contributed by atoms with E-state index in [0.29, 0.717) is 0 Å². The molecule has 5 nitrogen and oxygen atoms in total. The normalized spacial score (nSPS) is 22.6. The Labute approximate surface area is 112 Å². The molecule has 0 radical (unpaired) electrons. The second-order valence-electron chi connectivity index (χ2n) is 5.09. The van der Waals surface area contributed by atoms with Crippen molar-refractivity contribution >= 4 is 5.91 Å². The Bertz CT molecular complexity index is 501. The summed E-state index contributed by atoms with van der Waals surface area (Å²) in [4.78, 5) is 14.0. The average Bonchev–Trinajstić information content (AvgIpc) is 3.05. The zero-order chi connectivity index (χ0) is 13.4.